The van der Waals surface area contributed by atoms with E-state index in [9.17, 15) is 9.90 Å². The van der Waals surface area contributed by atoms with Gasteiger partial charge in [0.05, 0.1) is 11.1 Å². The predicted molar refractivity (Wildman–Crippen MR) is 118 cm³/mol. The van der Waals surface area contributed by atoms with Gasteiger partial charge in [0.25, 0.3) is 0 Å². The van der Waals surface area contributed by atoms with Crippen molar-refractivity contribution < 1.29 is 9.90 Å². The number of anilines is 2. The molecule has 30 heavy (non-hydrogen) atoms. The molecule has 0 unspecified atom stereocenters. The molecule has 5 rings (SSSR count). The third-order valence-electron chi connectivity index (χ3n) is 5.43. The molecule has 2 aromatic carbocycles. The molecule has 7 heteroatoms. The van der Waals surface area contributed by atoms with Crippen LogP contribution in [0.2, 0.25) is 5.02 Å². The molecule has 1 aliphatic carbocycles. The number of halogens is 1. The van der Waals surface area contributed by atoms with Gasteiger partial charge < -0.3 is 10.4 Å². The Balaban J connectivity index is 1.70. The molecule has 2 heterocycles. The van der Waals surface area contributed by atoms with Crippen LogP contribution in [0, 0.1) is 12.8 Å². The fourth-order valence-electron chi connectivity index (χ4n) is 3.53. The Bertz CT molecular complexity index is 1320. The summed E-state index contributed by atoms with van der Waals surface area (Å²) < 4.78 is 0. The van der Waals surface area contributed by atoms with Crippen molar-refractivity contribution in [3.05, 3.63) is 64.6 Å². The molecule has 0 amide bonds. The van der Waals surface area contributed by atoms with E-state index in [1.54, 1.807) is 18.2 Å². The highest BCUT2D eigenvalue weighted by Gasteiger charge is 2.23. The van der Waals surface area contributed by atoms with Crippen LogP contribution in [-0.4, -0.2) is 26.0 Å². The quantitative estimate of drug-likeness (QED) is 0.414. The summed E-state index contributed by atoms with van der Waals surface area (Å²) in [6, 6.07) is 10.6. The van der Waals surface area contributed by atoms with Crippen LogP contribution < -0.4 is 5.32 Å². The van der Waals surface area contributed by atoms with Gasteiger partial charge in [-0.3, -0.25) is 0 Å². The maximum Gasteiger partial charge on any atom is 0.335 e. The van der Waals surface area contributed by atoms with E-state index in [0.717, 1.165) is 34.3 Å². The number of aromatic carboxylic acids is 1. The molecule has 2 N–H and O–H groups in total. The zero-order valence-electron chi connectivity index (χ0n) is 16.3. The second-order valence-corrected chi connectivity index (χ2v) is 8.19. The smallest absolute Gasteiger partial charge is 0.335 e. The number of nitrogens with one attached hydrogen (secondary N) is 1. The Kier molecular flexibility index (Phi) is 4.51. The molecular weight excluding hydrogens is 400 g/mol. The van der Waals surface area contributed by atoms with Gasteiger partial charge in [-0.1, -0.05) is 23.7 Å². The SMILES string of the molecule is Cc1ccc(Nc2nc3cc(C(=O)O)ccc3c3cnc(CC4CC4)nc23)cc1Cl. The van der Waals surface area contributed by atoms with Crippen molar-refractivity contribution >= 4 is 50.9 Å². The molecule has 0 saturated heterocycles. The average molecular weight is 419 g/mol. The number of pyridine rings is 1. The largest absolute Gasteiger partial charge is 0.478 e. The van der Waals surface area contributed by atoms with E-state index < -0.39 is 5.97 Å². The van der Waals surface area contributed by atoms with Crippen LogP contribution >= 0.6 is 11.6 Å². The summed E-state index contributed by atoms with van der Waals surface area (Å²) in [6.45, 7) is 1.95. The van der Waals surface area contributed by atoms with Crippen molar-refractivity contribution in [3.63, 3.8) is 0 Å². The van der Waals surface area contributed by atoms with Gasteiger partial charge in [-0.25, -0.2) is 19.7 Å². The molecule has 150 valence electrons. The van der Waals surface area contributed by atoms with Crippen molar-refractivity contribution in [1.82, 2.24) is 15.0 Å². The maximum atomic E-state index is 11.4. The number of carboxylic acids is 1. The summed E-state index contributed by atoms with van der Waals surface area (Å²) >= 11 is 6.29. The maximum absolute atomic E-state index is 11.4. The Morgan fingerprint density at radius 3 is 2.73 bits per heavy atom. The van der Waals surface area contributed by atoms with Gasteiger partial charge in [-0.15, -0.1) is 0 Å². The van der Waals surface area contributed by atoms with Crippen LogP contribution in [0.15, 0.2) is 42.6 Å². The van der Waals surface area contributed by atoms with E-state index in [1.165, 1.54) is 12.8 Å². The molecule has 4 aromatic rings. The Hall–Kier alpha value is -3.25. The normalized spacial score (nSPS) is 13.7. The first-order valence-electron chi connectivity index (χ1n) is 9.84. The molecule has 1 saturated carbocycles. The summed E-state index contributed by atoms with van der Waals surface area (Å²) in [4.78, 5) is 25.5. The number of carboxylic acid groups (broad SMARTS) is 1. The van der Waals surface area contributed by atoms with E-state index in [4.69, 9.17) is 21.6 Å². The lowest BCUT2D eigenvalue weighted by molar-refractivity contribution is 0.0697. The summed E-state index contributed by atoms with van der Waals surface area (Å²) in [5.74, 6) is 1.04. The predicted octanol–water partition coefficient (Wildman–Crippen LogP) is 5.53. The van der Waals surface area contributed by atoms with Crippen molar-refractivity contribution in [2.75, 3.05) is 5.32 Å². The molecule has 0 aliphatic heterocycles. The lowest BCUT2D eigenvalue weighted by Gasteiger charge is -2.13. The number of nitrogens with zero attached hydrogens (tertiary/aromatic N) is 3. The zero-order valence-corrected chi connectivity index (χ0v) is 17.1. The second-order valence-electron chi connectivity index (χ2n) is 7.78. The van der Waals surface area contributed by atoms with Gasteiger partial charge >= 0.3 is 5.97 Å². The molecule has 0 atom stereocenters. The van der Waals surface area contributed by atoms with Gasteiger partial charge in [-0.05, 0) is 55.5 Å². The third-order valence-corrected chi connectivity index (χ3v) is 5.84. The average Bonchev–Trinajstić information content (AvgIpc) is 3.54. The minimum absolute atomic E-state index is 0.185. The zero-order chi connectivity index (χ0) is 20.8. The number of carbonyl (C=O) groups is 1. The Morgan fingerprint density at radius 1 is 1.17 bits per heavy atom. The van der Waals surface area contributed by atoms with E-state index >= 15 is 0 Å². The van der Waals surface area contributed by atoms with Crippen LogP contribution in [0.1, 0.15) is 34.6 Å². The van der Waals surface area contributed by atoms with Crippen LogP contribution in [-0.2, 0) is 6.42 Å². The van der Waals surface area contributed by atoms with Gasteiger partial charge in [0.15, 0.2) is 5.82 Å². The molecule has 2 aromatic heterocycles. The van der Waals surface area contributed by atoms with Crippen molar-refractivity contribution in [2.24, 2.45) is 5.92 Å². The van der Waals surface area contributed by atoms with Gasteiger partial charge in [0.2, 0.25) is 0 Å². The molecule has 1 fully saturated rings. The fraction of sp³-hybridized carbons (Fsp3) is 0.217. The first-order valence-corrected chi connectivity index (χ1v) is 10.2. The Labute approximate surface area is 178 Å². The first-order chi connectivity index (χ1) is 14.5. The highest BCUT2D eigenvalue weighted by molar-refractivity contribution is 6.31. The highest BCUT2D eigenvalue weighted by atomic mass is 35.5. The minimum atomic E-state index is -0.991. The number of hydrogen-bond donors (Lipinski definition) is 2. The monoisotopic (exact) mass is 418 g/mol. The Morgan fingerprint density at radius 2 is 2.00 bits per heavy atom. The number of rotatable bonds is 5. The van der Waals surface area contributed by atoms with Crippen LogP contribution in [0.25, 0.3) is 21.8 Å². The summed E-state index contributed by atoms with van der Waals surface area (Å²) in [7, 11) is 0. The number of aromatic nitrogens is 3. The lowest BCUT2D eigenvalue weighted by Crippen LogP contribution is -2.03. The van der Waals surface area contributed by atoms with Crippen LogP contribution in [0.5, 0.6) is 0 Å². The highest BCUT2D eigenvalue weighted by Crippen LogP contribution is 2.34. The summed E-state index contributed by atoms with van der Waals surface area (Å²) in [6.07, 6.45) is 5.13. The van der Waals surface area contributed by atoms with E-state index in [0.29, 0.717) is 27.8 Å². The fourth-order valence-corrected chi connectivity index (χ4v) is 3.71. The number of aryl methyl sites for hydroxylation is 1. The number of benzene rings is 2. The standard InChI is InChI=1S/C23H19ClN4O2/c1-12-2-6-15(10-18(12)24)26-22-21-17(11-25-20(28-21)8-13-3-4-13)16-7-5-14(23(29)30)9-19(16)27-22/h2,5-7,9-11,13H,3-4,8H2,1H3,(H,26,27)(H,29,30). The second kappa shape index (κ2) is 7.22. The molecule has 0 radical (unpaired) electrons. The van der Waals surface area contributed by atoms with Crippen molar-refractivity contribution in [1.29, 1.82) is 0 Å². The molecule has 6 nitrogen and oxygen atoms in total. The van der Waals surface area contributed by atoms with Gasteiger partial charge in [-0.2, -0.15) is 0 Å². The van der Waals surface area contributed by atoms with E-state index in [1.807, 2.05) is 31.3 Å². The number of hydrogen-bond acceptors (Lipinski definition) is 5. The minimum Gasteiger partial charge on any atom is -0.478 e. The topological polar surface area (TPSA) is 88.0 Å². The third kappa shape index (κ3) is 3.55. The molecule has 0 bridgehead atoms. The van der Waals surface area contributed by atoms with Gasteiger partial charge in [0.1, 0.15) is 11.3 Å². The van der Waals surface area contributed by atoms with E-state index in [2.05, 4.69) is 10.3 Å². The molecule has 1 aliphatic rings. The first kappa shape index (κ1) is 18.8. The van der Waals surface area contributed by atoms with Crippen molar-refractivity contribution in [3.8, 4) is 0 Å². The van der Waals surface area contributed by atoms with Crippen molar-refractivity contribution in [2.45, 2.75) is 26.2 Å². The van der Waals surface area contributed by atoms with Gasteiger partial charge in [0, 0.05) is 34.1 Å². The lowest BCUT2D eigenvalue weighted by atomic mass is 10.1. The number of fused-ring (bicyclic) bond motifs is 3. The van der Waals surface area contributed by atoms with E-state index in [-0.39, 0.29) is 5.56 Å². The molecule has 0 spiro atoms. The summed E-state index contributed by atoms with van der Waals surface area (Å²) in [5.41, 5.74) is 3.24. The molecular formula is C23H19ClN4O2. The van der Waals surface area contributed by atoms with Crippen LogP contribution in [0.3, 0.4) is 0 Å². The van der Waals surface area contributed by atoms with Crippen LogP contribution in [0.4, 0.5) is 11.5 Å². The summed E-state index contributed by atoms with van der Waals surface area (Å²) in [5, 5.41) is 15.0.